The molecule has 0 radical (unpaired) electrons. The Balaban J connectivity index is 1.88. The second-order valence-electron chi connectivity index (χ2n) is 5.64. The Hall–Kier alpha value is -0.340. The average molecular weight is 314 g/mol. The summed E-state index contributed by atoms with van der Waals surface area (Å²) in [5, 5.41) is 3.16. The van der Waals surface area contributed by atoms with Gasteiger partial charge in [0.05, 0.1) is 11.7 Å². The summed E-state index contributed by atoms with van der Waals surface area (Å²) < 4.78 is 63.3. The van der Waals surface area contributed by atoms with E-state index in [1.54, 1.807) is 0 Å². The van der Waals surface area contributed by atoms with Crippen molar-refractivity contribution in [3.8, 4) is 0 Å². The number of nitrogens with zero attached hydrogens (tertiary/aromatic N) is 1. The van der Waals surface area contributed by atoms with Crippen LogP contribution in [0.4, 0.5) is 13.2 Å². The van der Waals surface area contributed by atoms with Gasteiger partial charge in [0, 0.05) is 19.1 Å². The number of nitrogens with one attached hydrogen (secondary N) is 1. The molecule has 20 heavy (non-hydrogen) atoms. The van der Waals surface area contributed by atoms with Gasteiger partial charge in [-0.1, -0.05) is 6.42 Å². The second-order valence-corrected chi connectivity index (χ2v) is 7.65. The summed E-state index contributed by atoms with van der Waals surface area (Å²) in [5.74, 6) is -1.36. The van der Waals surface area contributed by atoms with Crippen molar-refractivity contribution in [2.75, 3.05) is 25.4 Å². The summed E-state index contributed by atoms with van der Waals surface area (Å²) in [7, 11) is -3.45. The number of halogens is 3. The maximum absolute atomic E-state index is 12.6. The Labute approximate surface area is 117 Å². The molecule has 2 rings (SSSR count). The highest BCUT2D eigenvalue weighted by Crippen LogP contribution is 2.34. The first-order chi connectivity index (χ1) is 9.29. The molecular formula is C12H21F3N2O2S. The predicted octanol–water partition coefficient (Wildman–Crippen LogP) is 1.73. The molecule has 0 bridgehead atoms. The standard InChI is InChI=1S/C12H21F3N2O2S/c13-12(14,15)10-4-7-17(8-5-10)20(18,19)9-11-3-1-2-6-16-11/h10-11,16H,1-9H2. The molecule has 2 fully saturated rings. The fourth-order valence-corrected chi connectivity index (χ4v) is 4.66. The van der Waals surface area contributed by atoms with Gasteiger partial charge in [-0.2, -0.15) is 13.2 Å². The molecule has 0 aliphatic carbocycles. The van der Waals surface area contributed by atoms with E-state index >= 15 is 0 Å². The minimum Gasteiger partial charge on any atom is -0.313 e. The Morgan fingerprint density at radius 3 is 2.25 bits per heavy atom. The summed E-state index contributed by atoms with van der Waals surface area (Å²) in [6.07, 6.45) is -1.59. The molecule has 2 aliphatic heterocycles. The zero-order valence-electron chi connectivity index (χ0n) is 11.3. The van der Waals surface area contributed by atoms with E-state index in [-0.39, 0.29) is 37.7 Å². The fraction of sp³-hybridized carbons (Fsp3) is 1.00. The number of alkyl halides is 3. The topological polar surface area (TPSA) is 49.4 Å². The van der Waals surface area contributed by atoms with Gasteiger partial charge in [0.1, 0.15) is 0 Å². The molecule has 0 aromatic rings. The highest BCUT2D eigenvalue weighted by Gasteiger charge is 2.43. The Bertz CT molecular complexity index is 411. The first-order valence-corrected chi connectivity index (χ1v) is 8.68. The molecule has 1 unspecified atom stereocenters. The monoisotopic (exact) mass is 314 g/mol. The van der Waals surface area contributed by atoms with Crippen LogP contribution < -0.4 is 5.32 Å². The van der Waals surface area contributed by atoms with E-state index in [9.17, 15) is 21.6 Å². The SMILES string of the molecule is O=S(=O)(CC1CCCCN1)N1CCC(C(F)(F)F)CC1. The Kier molecular flexibility index (Phi) is 4.96. The van der Waals surface area contributed by atoms with Crippen LogP contribution >= 0.6 is 0 Å². The van der Waals surface area contributed by atoms with Gasteiger partial charge in [-0.15, -0.1) is 0 Å². The van der Waals surface area contributed by atoms with Crippen LogP contribution in [0, 0.1) is 5.92 Å². The maximum Gasteiger partial charge on any atom is 0.391 e. The lowest BCUT2D eigenvalue weighted by Crippen LogP contribution is -2.47. The molecule has 8 heteroatoms. The van der Waals surface area contributed by atoms with Crippen molar-refractivity contribution in [3.05, 3.63) is 0 Å². The lowest BCUT2D eigenvalue weighted by atomic mass is 9.98. The molecule has 0 aromatic heterocycles. The van der Waals surface area contributed by atoms with Crippen LogP contribution in [0.1, 0.15) is 32.1 Å². The van der Waals surface area contributed by atoms with E-state index in [0.717, 1.165) is 25.8 Å². The van der Waals surface area contributed by atoms with Crippen molar-refractivity contribution in [3.63, 3.8) is 0 Å². The molecule has 1 N–H and O–H groups in total. The Morgan fingerprint density at radius 2 is 1.75 bits per heavy atom. The minimum atomic E-state index is -4.21. The van der Waals surface area contributed by atoms with Crippen LogP contribution in [-0.4, -0.2) is 50.3 Å². The van der Waals surface area contributed by atoms with Crippen molar-refractivity contribution in [1.82, 2.24) is 9.62 Å². The van der Waals surface area contributed by atoms with Gasteiger partial charge in [-0.3, -0.25) is 0 Å². The lowest BCUT2D eigenvalue weighted by molar-refractivity contribution is -0.182. The van der Waals surface area contributed by atoms with Crippen molar-refractivity contribution in [1.29, 1.82) is 0 Å². The van der Waals surface area contributed by atoms with E-state index < -0.39 is 22.1 Å². The van der Waals surface area contributed by atoms with Crippen LogP contribution in [0.3, 0.4) is 0 Å². The molecule has 0 amide bonds. The number of piperidine rings is 2. The number of hydrogen-bond donors (Lipinski definition) is 1. The van der Waals surface area contributed by atoms with E-state index in [0.29, 0.717) is 0 Å². The van der Waals surface area contributed by atoms with Crippen LogP contribution in [0.5, 0.6) is 0 Å². The third-order valence-electron chi connectivity index (χ3n) is 4.13. The van der Waals surface area contributed by atoms with E-state index in [4.69, 9.17) is 0 Å². The smallest absolute Gasteiger partial charge is 0.313 e. The summed E-state index contributed by atoms with van der Waals surface area (Å²) in [6.45, 7) is 0.787. The van der Waals surface area contributed by atoms with E-state index in [2.05, 4.69) is 5.32 Å². The largest absolute Gasteiger partial charge is 0.391 e. The molecule has 2 saturated heterocycles. The summed E-state index contributed by atoms with van der Waals surface area (Å²) in [6, 6.07) is -0.0610. The van der Waals surface area contributed by atoms with Crippen molar-refractivity contribution in [2.45, 2.75) is 44.3 Å². The van der Waals surface area contributed by atoms with Crippen LogP contribution in [0.15, 0.2) is 0 Å². The molecule has 2 aliphatic rings. The zero-order valence-corrected chi connectivity index (χ0v) is 12.1. The normalized spacial score (nSPS) is 27.6. The maximum atomic E-state index is 12.6. The van der Waals surface area contributed by atoms with Gasteiger partial charge >= 0.3 is 6.18 Å². The number of hydrogen-bond acceptors (Lipinski definition) is 3. The molecule has 0 saturated carbocycles. The minimum absolute atomic E-state index is 0.00366. The highest BCUT2D eigenvalue weighted by atomic mass is 32.2. The van der Waals surface area contributed by atoms with Crippen LogP contribution in [-0.2, 0) is 10.0 Å². The second kappa shape index (κ2) is 6.19. The third kappa shape index (κ3) is 4.08. The molecule has 118 valence electrons. The first-order valence-electron chi connectivity index (χ1n) is 7.07. The van der Waals surface area contributed by atoms with Gasteiger partial charge < -0.3 is 5.32 Å². The molecule has 1 atom stereocenters. The quantitative estimate of drug-likeness (QED) is 0.863. The summed E-state index contributed by atoms with van der Waals surface area (Å²) in [5.41, 5.74) is 0. The summed E-state index contributed by atoms with van der Waals surface area (Å²) in [4.78, 5) is 0. The molecule has 0 spiro atoms. The Morgan fingerprint density at radius 1 is 1.10 bits per heavy atom. The average Bonchev–Trinajstić information content (AvgIpc) is 2.38. The van der Waals surface area contributed by atoms with Gasteiger partial charge in [-0.25, -0.2) is 12.7 Å². The third-order valence-corrected chi connectivity index (χ3v) is 6.11. The van der Waals surface area contributed by atoms with E-state index in [1.807, 2.05) is 0 Å². The number of sulfonamides is 1. The van der Waals surface area contributed by atoms with Gasteiger partial charge in [0.15, 0.2) is 0 Å². The van der Waals surface area contributed by atoms with Gasteiger partial charge in [-0.05, 0) is 32.2 Å². The van der Waals surface area contributed by atoms with Gasteiger partial charge in [0.2, 0.25) is 10.0 Å². The number of rotatable bonds is 3. The van der Waals surface area contributed by atoms with Crippen molar-refractivity contribution in [2.24, 2.45) is 5.92 Å². The lowest BCUT2D eigenvalue weighted by Gasteiger charge is -2.33. The van der Waals surface area contributed by atoms with E-state index in [1.165, 1.54) is 4.31 Å². The van der Waals surface area contributed by atoms with Crippen LogP contribution in [0.2, 0.25) is 0 Å². The predicted molar refractivity (Wildman–Crippen MR) is 69.8 cm³/mol. The molecular weight excluding hydrogens is 293 g/mol. The van der Waals surface area contributed by atoms with Gasteiger partial charge in [0.25, 0.3) is 0 Å². The van der Waals surface area contributed by atoms with Crippen LogP contribution in [0.25, 0.3) is 0 Å². The highest BCUT2D eigenvalue weighted by molar-refractivity contribution is 7.89. The first kappa shape index (κ1) is 16.0. The zero-order chi connectivity index (χ0) is 14.8. The fourth-order valence-electron chi connectivity index (χ4n) is 2.89. The molecule has 2 heterocycles. The van der Waals surface area contributed by atoms with Crippen molar-refractivity contribution < 1.29 is 21.6 Å². The summed E-state index contributed by atoms with van der Waals surface area (Å²) >= 11 is 0. The molecule has 4 nitrogen and oxygen atoms in total. The molecule has 0 aromatic carbocycles. The van der Waals surface area contributed by atoms with Crippen molar-refractivity contribution >= 4 is 10.0 Å².